The Bertz CT molecular complexity index is 372. The lowest BCUT2D eigenvalue weighted by Crippen LogP contribution is -2.44. The summed E-state index contributed by atoms with van der Waals surface area (Å²) in [5, 5.41) is 13.2. The fourth-order valence-corrected chi connectivity index (χ4v) is 2.60. The van der Waals surface area contributed by atoms with Gasteiger partial charge in [0, 0.05) is 11.8 Å². The van der Waals surface area contributed by atoms with Gasteiger partial charge in [0.1, 0.15) is 11.8 Å². The molecule has 0 amide bonds. The van der Waals surface area contributed by atoms with Crippen molar-refractivity contribution in [3.8, 4) is 6.07 Å². The third-order valence-corrected chi connectivity index (χ3v) is 3.50. The molecule has 0 aliphatic heterocycles. The number of nitrogens with zero attached hydrogens (tertiary/aromatic N) is 2. The number of hydrogen-bond acceptors (Lipinski definition) is 5. The minimum Gasteiger partial charge on any atom is -0.440 e. The van der Waals surface area contributed by atoms with Crippen molar-refractivity contribution in [2.24, 2.45) is 0 Å². The van der Waals surface area contributed by atoms with E-state index in [0.29, 0.717) is 6.04 Å². The molecule has 1 atom stereocenters. The second-order valence-electron chi connectivity index (χ2n) is 4.85. The molecule has 0 aliphatic rings. The van der Waals surface area contributed by atoms with Crippen molar-refractivity contribution < 1.29 is 4.42 Å². The lowest BCUT2D eigenvalue weighted by molar-refractivity contribution is 0.372. The SMILES string of the molecule is CC(C)NC(C)(C#N)CCCCSc1ncco1. The first-order valence-electron chi connectivity index (χ1n) is 6.27. The highest BCUT2D eigenvalue weighted by Crippen LogP contribution is 2.19. The lowest BCUT2D eigenvalue weighted by Gasteiger charge is -2.25. The first kappa shape index (κ1) is 15.1. The van der Waals surface area contributed by atoms with Gasteiger partial charge in [0.05, 0.1) is 12.3 Å². The number of thioether (sulfide) groups is 1. The van der Waals surface area contributed by atoms with Gasteiger partial charge >= 0.3 is 0 Å². The van der Waals surface area contributed by atoms with Crippen LogP contribution in [0.2, 0.25) is 0 Å². The van der Waals surface area contributed by atoms with Crippen molar-refractivity contribution in [1.29, 1.82) is 5.26 Å². The largest absolute Gasteiger partial charge is 0.440 e. The van der Waals surface area contributed by atoms with Crippen molar-refractivity contribution >= 4 is 11.8 Å². The van der Waals surface area contributed by atoms with Crippen LogP contribution >= 0.6 is 11.8 Å². The average molecular weight is 267 g/mol. The molecule has 1 N–H and O–H groups in total. The van der Waals surface area contributed by atoms with E-state index in [4.69, 9.17) is 4.42 Å². The quantitative estimate of drug-likeness (QED) is 0.579. The molecule has 0 spiro atoms. The summed E-state index contributed by atoms with van der Waals surface area (Å²) in [5.41, 5.74) is -0.415. The van der Waals surface area contributed by atoms with Gasteiger partial charge in [-0.15, -0.1) is 0 Å². The summed E-state index contributed by atoms with van der Waals surface area (Å²) < 4.78 is 5.14. The van der Waals surface area contributed by atoms with E-state index >= 15 is 0 Å². The predicted molar refractivity (Wildman–Crippen MR) is 73.4 cm³/mol. The van der Waals surface area contributed by atoms with Crippen molar-refractivity contribution in [3.05, 3.63) is 12.5 Å². The molecule has 18 heavy (non-hydrogen) atoms. The molecule has 1 aromatic heterocycles. The Labute approximate surface area is 113 Å². The van der Waals surface area contributed by atoms with Gasteiger partial charge in [-0.1, -0.05) is 11.8 Å². The highest BCUT2D eigenvalue weighted by atomic mass is 32.2. The average Bonchev–Trinajstić information content (AvgIpc) is 2.80. The fourth-order valence-electron chi connectivity index (χ4n) is 1.82. The molecule has 0 saturated carbocycles. The fraction of sp³-hybridized carbons (Fsp3) is 0.692. The van der Waals surface area contributed by atoms with E-state index in [-0.39, 0.29) is 0 Å². The van der Waals surface area contributed by atoms with Gasteiger partial charge in [0.2, 0.25) is 0 Å². The van der Waals surface area contributed by atoms with Crippen LogP contribution in [0.3, 0.4) is 0 Å². The van der Waals surface area contributed by atoms with E-state index in [2.05, 4.69) is 30.2 Å². The second-order valence-corrected chi connectivity index (χ2v) is 5.89. The van der Waals surface area contributed by atoms with Gasteiger partial charge in [-0.3, -0.25) is 5.32 Å². The van der Waals surface area contributed by atoms with Gasteiger partial charge in [-0.25, -0.2) is 4.98 Å². The molecule has 0 bridgehead atoms. The van der Waals surface area contributed by atoms with Gasteiger partial charge in [0.15, 0.2) is 0 Å². The highest BCUT2D eigenvalue weighted by molar-refractivity contribution is 7.99. The molecule has 1 aromatic rings. The third-order valence-electron chi connectivity index (χ3n) is 2.56. The standard InChI is InChI=1S/C13H21N3OS/c1-11(2)16-13(3,10-14)6-4-5-9-18-12-15-7-8-17-12/h7-8,11,16H,4-6,9H2,1-3H3. The Kier molecular flexibility index (Phi) is 6.23. The number of unbranched alkanes of at least 4 members (excludes halogenated alkanes) is 1. The molecule has 1 heterocycles. The van der Waals surface area contributed by atoms with Crippen molar-refractivity contribution in [2.75, 3.05) is 5.75 Å². The summed E-state index contributed by atoms with van der Waals surface area (Å²) in [5.74, 6) is 0.976. The van der Waals surface area contributed by atoms with Crippen LogP contribution in [0.15, 0.2) is 22.1 Å². The summed E-state index contributed by atoms with van der Waals surface area (Å²) >= 11 is 1.62. The normalized spacial score (nSPS) is 14.4. The Morgan fingerprint density at radius 1 is 1.56 bits per heavy atom. The lowest BCUT2D eigenvalue weighted by atomic mass is 9.96. The van der Waals surface area contributed by atoms with Crippen molar-refractivity contribution in [2.45, 2.75) is 56.8 Å². The molecule has 1 unspecified atom stereocenters. The van der Waals surface area contributed by atoms with E-state index in [0.717, 1.165) is 30.2 Å². The molecule has 0 aliphatic carbocycles. The second kappa shape index (κ2) is 7.45. The number of nitriles is 1. The number of hydrogen-bond donors (Lipinski definition) is 1. The van der Waals surface area contributed by atoms with Crippen molar-refractivity contribution in [1.82, 2.24) is 10.3 Å². The van der Waals surface area contributed by atoms with Gasteiger partial charge in [-0.05, 0) is 40.0 Å². The highest BCUT2D eigenvalue weighted by Gasteiger charge is 2.23. The first-order chi connectivity index (χ1) is 8.56. The van der Waals surface area contributed by atoms with Gasteiger partial charge in [-0.2, -0.15) is 5.26 Å². The zero-order chi connectivity index (χ0) is 13.4. The molecule has 4 nitrogen and oxygen atoms in total. The van der Waals surface area contributed by atoms with Gasteiger partial charge < -0.3 is 4.42 Å². The smallest absolute Gasteiger partial charge is 0.255 e. The number of oxazole rings is 1. The minimum atomic E-state index is -0.415. The van der Waals surface area contributed by atoms with Crippen LogP contribution in [0.25, 0.3) is 0 Å². The maximum absolute atomic E-state index is 9.20. The number of nitrogens with one attached hydrogen (secondary N) is 1. The third kappa shape index (κ3) is 5.56. The van der Waals surface area contributed by atoms with Crippen LogP contribution < -0.4 is 5.32 Å². The van der Waals surface area contributed by atoms with E-state index in [9.17, 15) is 5.26 Å². The maximum Gasteiger partial charge on any atom is 0.255 e. The van der Waals surface area contributed by atoms with Crippen LogP contribution in [-0.4, -0.2) is 22.3 Å². The monoisotopic (exact) mass is 267 g/mol. The Morgan fingerprint density at radius 2 is 2.33 bits per heavy atom. The minimum absolute atomic E-state index is 0.330. The Balaban J connectivity index is 2.18. The molecular weight excluding hydrogens is 246 g/mol. The van der Waals surface area contributed by atoms with Crippen molar-refractivity contribution in [3.63, 3.8) is 0 Å². The molecule has 1 rings (SSSR count). The van der Waals surface area contributed by atoms with Crippen LogP contribution in [0.1, 0.15) is 40.0 Å². The van der Waals surface area contributed by atoms with Crippen LogP contribution in [0.5, 0.6) is 0 Å². The summed E-state index contributed by atoms with van der Waals surface area (Å²) in [4.78, 5) is 4.05. The summed E-state index contributed by atoms with van der Waals surface area (Å²) in [6.07, 6.45) is 6.19. The zero-order valence-electron chi connectivity index (χ0n) is 11.3. The van der Waals surface area contributed by atoms with Crippen LogP contribution in [0.4, 0.5) is 0 Å². The van der Waals surface area contributed by atoms with E-state index < -0.39 is 5.54 Å². The first-order valence-corrected chi connectivity index (χ1v) is 7.25. The maximum atomic E-state index is 9.20. The molecular formula is C13H21N3OS. The molecule has 0 fully saturated rings. The number of rotatable bonds is 8. The van der Waals surface area contributed by atoms with E-state index in [1.54, 1.807) is 24.2 Å². The van der Waals surface area contributed by atoms with Gasteiger partial charge in [0.25, 0.3) is 5.22 Å². The summed E-state index contributed by atoms with van der Waals surface area (Å²) in [6, 6.07) is 2.70. The predicted octanol–water partition coefficient (Wildman–Crippen LogP) is 3.22. The molecule has 0 saturated heterocycles. The summed E-state index contributed by atoms with van der Waals surface area (Å²) in [6.45, 7) is 6.09. The topological polar surface area (TPSA) is 61.9 Å². The van der Waals surface area contributed by atoms with Crippen LogP contribution in [0, 0.1) is 11.3 Å². The Morgan fingerprint density at radius 3 is 2.89 bits per heavy atom. The molecule has 0 radical (unpaired) electrons. The van der Waals surface area contributed by atoms with Crippen LogP contribution in [-0.2, 0) is 0 Å². The molecule has 0 aromatic carbocycles. The zero-order valence-corrected chi connectivity index (χ0v) is 12.1. The number of aromatic nitrogens is 1. The Hall–Kier alpha value is -0.990. The summed E-state index contributed by atoms with van der Waals surface area (Å²) in [7, 11) is 0. The van der Waals surface area contributed by atoms with E-state index in [1.807, 2.05) is 6.92 Å². The molecule has 100 valence electrons. The van der Waals surface area contributed by atoms with E-state index in [1.165, 1.54) is 0 Å². The molecule has 5 heteroatoms.